The number of benzene rings is 1. The summed E-state index contributed by atoms with van der Waals surface area (Å²) in [5.74, 6) is 0.272. The molecule has 4 N–H and O–H groups in total. The van der Waals surface area contributed by atoms with E-state index in [1.807, 2.05) is 36.5 Å². The van der Waals surface area contributed by atoms with Crippen LogP contribution in [0.4, 0.5) is 0 Å². The lowest BCUT2D eigenvalue weighted by molar-refractivity contribution is 0.100. The summed E-state index contributed by atoms with van der Waals surface area (Å²) in [4.78, 5) is 24.6. The van der Waals surface area contributed by atoms with Gasteiger partial charge in [-0.1, -0.05) is 6.07 Å². The zero-order chi connectivity index (χ0) is 15.1. The first-order valence-electron chi connectivity index (χ1n) is 6.75. The van der Waals surface area contributed by atoms with Crippen LogP contribution in [0, 0.1) is 0 Å². The van der Waals surface area contributed by atoms with Gasteiger partial charge in [0.1, 0.15) is 11.3 Å². The molecular formula is C16H12N4OS. The molecular weight excluding hydrogens is 296 g/mol. The molecule has 0 saturated carbocycles. The Morgan fingerprint density at radius 1 is 1.09 bits per heavy atom. The molecule has 3 aromatic heterocycles. The number of hydrogen-bond donors (Lipinski definition) is 3. The number of imidazole rings is 1. The highest BCUT2D eigenvalue weighted by atomic mass is 32.1. The van der Waals surface area contributed by atoms with Gasteiger partial charge in [0.2, 0.25) is 0 Å². The minimum Gasteiger partial charge on any atom is -0.366 e. The fourth-order valence-corrected chi connectivity index (χ4v) is 3.38. The number of hydrogen-bond acceptors (Lipinski definition) is 3. The lowest BCUT2D eigenvalue weighted by Gasteiger charge is -1.94. The van der Waals surface area contributed by atoms with Crippen molar-refractivity contribution < 1.29 is 4.79 Å². The van der Waals surface area contributed by atoms with Crippen LogP contribution in [0.1, 0.15) is 10.4 Å². The van der Waals surface area contributed by atoms with Gasteiger partial charge >= 0.3 is 0 Å². The van der Waals surface area contributed by atoms with Gasteiger partial charge in [0, 0.05) is 6.20 Å². The molecule has 3 heterocycles. The SMILES string of the molecule is NC(=O)c1cccc2[nH]c(-c3ccc(-c4ccc[nH]4)s3)nc12. The number of H-pyrrole nitrogens is 2. The van der Waals surface area contributed by atoms with E-state index in [4.69, 9.17) is 5.73 Å². The van der Waals surface area contributed by atoms with Crippen molar-refractivity contribution in [3.63, 3.8) is 0 Å². The van der Waals surface area contributed by atoms with Crippen LogP contribution in [0.25, 0.3) is 32.3 Å². The molecule has 0 fully saturated rings. The highest BCUT2D eigenvalue weighted by Gasteiger charge is 2.13. The molecule has 0 aliphatic heterocycles. The van der Waals surface area contributed by atoms with Gasteiger partial charge in [0.05, 0.1) is 26.5 Å². The average molecular weight is 308 g/mol. The molecule has 4 aromatic rings. The molecule has 1 aromatic carbocycles. The van der Waals surface area contributed by atoms with Crippen molar-refractivity contribution in [3.8, 4) is 21.3 Å². The smallest absolute Gasteiger partial charge is 0.250 e. The maximum absolute atomic E-state index is 11.5. The molecule has 0 atom stereocenters. The first-order chi connectivity index (χ1) is 10.7. The van der Waals surface area contributed by atoms with Gasteiger partial charge in [-0.15, -0.1) is 11.3 Å². The Labute approximate surface area is 129 Å². The van der Waals surface area contributed by atoms with Crippen LogP contribution >= 0.6 is 11.3 Å². The maximum atomic E-state index is 11.5. The zero-order valence-electron chi connectivity index (χ0n) is 11.5. The van der Waals surface area contributed by atoms with Gasteiger partial charge in [-0.3, -0.25) is 4.79 Å². The molecule has 108 valence electrons. The van der Waals surface area contributed by atoms with Crippen molar-refractivity contribution in [3.05, 3.63) is 54.2 Å². The Balaban J connectivity index is 1.82. The first kappa shape index (κ1) is 12.8. The molecule has 22 heavy (non-hydrogen) atoms. The molecule has 5 nitrogen and oxygen atoms in total. The van der Waals surface area contributed by atoms with Gasteiger partial charge in [0.25, 0.3) is 5.91 Å². The number of thiophene rings is 1. The number of aromatic nitrogens is 3. The Kier molecular flexibility index (Phi) is 2.83. The van der Waals surface area contributed by atoms with Crippen LogP contribution in [0.2, 0.25) is 0 Å². The third-order valence-electron chi connectivity index (χ3n) is 3.48. The second-order valence-corrected chi connectivity index (χ2v) is 5.98. The first-order valence-corrected chi connectivity index (χ1v) is 7.56. The highest BCUT2D eigenvalue weighted by molar-refractivity contribution is 7.18. The van der Waals surface area contributed by atoms with E-state index in [0.29, 0.717) is 11.1 Å². The molecule has 0 bridgehead atoms. The number of carbonyl (C=O) groups excluding carboxylic acids is 1. The van der Waals surface area contributed by atoms with E-state index >= 15 is 0 Å². The molecule has 0 saturated heterocycles. The van der Waals surface area contributed by atoms with Crippen molar-refractivity contribution in [2.45, 2.75) is 0 Å². The lowest BCUT2D eigenvalue weighted by Crippen LogP contribution is -2.11. The quantitative estimate of drug-likeness (QED) is 0.541. The zero-order valence-corrected chi connectivity index (χ0v) is 12.3. The van der Waals surface area contributed by atoms with Crippen LogP contribution in [-0.2, 0) is 0 Å². The topological polar surface area (TPSA) is 87.6 Å². The summed E-state index contributed by atoms with van der Waals surface area (Å²) in [7, 11) is 0. The van der Waals surface area contributed by atoms with Crippen molar-refractivity contribution in [1.29, 1.82) is 0 Å². The molecule has 0 aliphatic carbocycles. The number of carbonyl (C=O) groups is 1. The number of amides is 1. The molecule has 0 unspecified atom stereocenters. The molecule has 6 heteroatoms. The largest absolute Gasteiger partial charge is 0.366 e. The lowest BCUT2D eigenvalue weighted by atomic mass is 10.2. The number of nitrogens with zero attached hydrogens (tertiary/aromatic N) is 1. The van der Waals surface area contributed by atoms with Gasteiger partial charge in [-0.05, 0) is 36.4 Å². The number of nitrogens with two attached hydrogens (primary N) is 1. The summed E-state index contributed by atoms with van der Waals surface area (Å²) in [6.07, 6.45) is 1.90. The van der Waals surface area contributed by atoms with Gasteiger partial charge < -0.3 is 15.7 Å². The second-order valence-electron chi connectivity index (χ2n) is 4.90. The van der Waals surface area contributed by atoms with Crippen molar-refractivity contribution >= 4 is 28.3 Å². The minimum absolute atomic E-state index is 0.432. The molecule has 4 rings (SSSR count). The Morgan fingerprint density at radius 3 is 2.73 bits per heavy atom. The fourth-order valence-electron chi connectivity index (χ4n) is 2.44. The van der Waals surface area contributed by atoms with E-state index in [-0.39, 0.29) is 0 Å². The predicted octanol–water partition coefficient (Wildman–Crippen LogP) is 3.39. The van der Waals surface area contributed by atoms with Crippen molar-refractivity contribution in [1.82, 2.24) is 15.0 Å². The number of nitrogens with one attached hydrogen (secondary N) is 2. The maximum Gasteiger partial charge on any atom is 0.250 e. The summed E-state index contributed by atoms with van der Waals surface area (Å²) in [5, 5.41) is 0. The summed E-state index contributed by atoms with van der Waals surface area (Å²) >= 11 is 1.63. The van der Waals surface area contributed by atoms with E-state index in [1.54, 1.807) is 23.5 Å². The summed E-state index contributed by atoms with van der Waals surface area (Å²) in [6.45, 7) is 0. The van der Waals surface area contributed by atoms with Crippen LogP contribution < -0.4 is 5.73 Å². The Bertz CT molecular complexity index is 965. The van der Waals surface area contributed by atoms with Crippen molar-refractivity contribution in [2.75, 3.05) is 0 Å². The summed E-state index contributed by atoms with van der Waals surface area (Å²) in [6, 6.07) is 13.4. The van der Waals surface area contributed by atoms with Crippen LogP contribution in [0.5, 0.6) is 0 Å². The molecule has 1 amide bonds. The van der Waals surface area contributed by atoms with E-state index in [9.17, 15) is 4.79 Å². The van der Waals surface area contributed by atoms with Gasteiger partial charge in [-0.25, -0.2) is 4.98 Å². The molecule has 0 aliphatic rings. The van der Waals surface area contributed by atoms with Gasteiger partial charge in [-0.2, -0.15) is 0 Å². The summed E-state index contributed by atoms with van der Waals surface area (Å²) < 4.78 is 0. The van der Waals surface area contributed by atoms with Gasteiger partial charge in [0.15, 0.2) is 0 Å². The third kappa shape index (κ3) is 2.01. The van der Waals surface area contributed by atoms with Crippen LogP contribution in [-0.4, -0.2) is 20.9 Å². The predicted molar refractivity (Wildman–Crippen MR) is 87.7 cm³/mol. The number of rotatable bonds is 3. The van der Waals surface area contributed by atoms with E-state index in [2.05, 4.69) is 15.0 Å². The van der Waals surface area contributed by atoms with Crippen LogP contribution in [0.15, 0.2) is 48.7 Å². The second kappa shape index (κ2) is 4.85. The summed E-state index contributed by atoms with van der Waals surface area (Å²) in [5.41, 5.74) is 8.33. The van der Waals surface area contributed by atoms with Crippen LogP contribution in [0.3, 0.4) is 0 Å². The average Bonchev–Trinajstić information content (AvgIpc) is 3.24. The standard InChI is InChI=1S/C16H12N4OS/c17-15(21)9-3-1-4-11-14(9)20-16(19-11)13-7-6-12(22-13)10-5-2-8-18-10/h1-8,18H,(H2,17,21)(H,19,20). The van der Waals surface area contributed by atoms with E-state index < -0.39 is 5.91 Å². The third-order valence-corrected chi connectivity index (χ3v) is 4.61. The van der Waals surface area contributed by atoms with E-state index in [1.165, 1.54) is 0 Å². The highest BCUT2D eigenvalue weighted by Crippen LogP contribution is 2.33. The number of aromatic amines is 2. The molecule has 0 spiro atoms. The number of para-hydroxylation sites is 1. The Morgan fingerprint density at radius 2 is 1.95 bits per heavy atom. The van der Waals surface area contributed by atoms with Crippen molar-refractivity contribution in [2.24, 2.45) is 5.73 Å². The monoisotopic (exact) mass is 308 g/mol. The Hall–Kier alpha value is -2.86. The number of primary amides is 1. The number of fused-ring (bicyclic) bond motifs is 1. The van der Waals surface area contributed by atoms with E-state index in [0.717, 1.165) is 26.8 Å². The fraction of sp³-hybridized carbons (Fsp3) is 0. The minimum atomic E-state index is -0.470. The molecule has 0 radical (unpaired) electrons. The normalized spacial score (nSPS) is 11.1.